The van der Waals surface area contributed by atoms with E-state index in [4.69, 9.17) is 4.74 Å². The van der Waals surface area contributed by atoms with Gasteiger partial charge in [0.1, 0.15) is 5.69 Å². The Labute approximate surface area is 144 Å². The van der Waals surface area contributed by atoms with Gasteiger partial charge in [-0.3, -0.25) is 4.79 Å². The van der Waals surface area contributed by atoms with Gasteiger partial charge in [-0.1, -0.05) is 0 Å². The van der Waals surface area contributed by atoms with Gasteiger partial charge >= 0.3 is 0 Å². The van der Waals surface area contributed by atoms with E-state index in [0.717, 1.165) is 12.1 Å². The second-order valence-corrected chi connectivity index (χ2v) is 8.32. The van der Waals surface area contributed by atoms with E-state index in [-0.39, 0.29) is 12.0 Å². The Hall–Kier alpha value is -1.38. The first-order valence-corrected chi connectivity index (χ1v) is 10.2. The van der Waals surface area contributed by atoms with E-state index >= 15 is 0 Å². The summed E-state index contributed by atoms with van der Waals surface area (Å²) in [5.41, 5.74) is 1.44. The van der Waals surface area contributed by atoms with Crippen LogP contribution in [0.4, 0.5) is 0 Å². The predicted octanol–water partition coefficient (Wildman–Crippen LogP) is 1.20. The van der Waals surface area contributed by atoms with Crippen molar-refractivity contribution in [2.24, 2.45) is 0 Å². The van der Waals surface area contributed by atoms with Crippen molar-refractivity contribution in [2.75, 3.05) is 26.0 Å². The van der Waals surface area contributed by atoms with E-state index in [0.29, 0.717) is 44.9 Å². The standard InChI is InChI=1S/C16H27N3O4S/c1-13(2)23-11-4-8-17-16(20)15-7-6-14-12-18(24(3,21)22)9-5-10-19(14)15/h6-7,13H,4-5,8-12H2,1-3H3,(H,17,20). The van der Waals surface area contributed by atoms with Crippen LogP contribution in [0.3, 0.4) is 0 Å². The number of nitrogens with zero attached hydrogens (tertiary/aromatic N) is 2. The Balaban J connectivity index is 1.96. The molecule has 1 amide bonds. The largest absolute Gasteiger partial charge is 0.379 e. The first-order chi connectivity index (χ1) is 11.3. The summed E-state index contributed by atoms with van der Waals surface area (Å²) in [7, 11) is -3.22. The number of nitrogens with one attached hydrogen (secondary N) is 1. The minimum absolute atomic E-state index is 0.126. The summed E-state index contributed by atoms with van der Waals surface area (Å²) in [5, 5.41) is 2.90. The minimum atomic E-state index is -3.22. The van der Waals surface area contributed by atoms with Gasteiger partial charge in [-0.25, -0.2) is 8.42 Å². The molecular formula is C16H27N3O4S. The maximum atomic E-state index is 12.4. The van der Waals surface area contributed by atoms with Crippen molar-refractivity contribution in [1.82, 2.24) is 14.2 Å². The second kappa shape index (κ2) is 8.13. The number of rotatable bonds is 7. The van der Waals surface area contributed by atoms with Crippen LogP contribution in [0.1, 0.15) is 42.9 Å². The van der Waals surface area contributed by atoms with Gasteiger partial charge in [-0.15, -0.1) is 0 Å². The Morgan fingerprint density at radius 2 is 2.08 bits per heavy atom. The maximum absolute atomic E-state index is 12.4. The van der Waals surface area contributed by atoms with Crippen LogP contribution in [0.15, 0.2) is 12.1 Å². The van der Waals surface area contributed by atoms with Crippen LogP contribution in [0.25, 0.3) is 0 Å². The smallest absolute Gasteiger partial charge is 0.267 e. The highest BCUT2D eigenvalue weighted by Gasteiger charge is 2.24. The van der Waals surface area contributed by atoms with Gasteiger partial charge in [-0.05, 0) is 38.8 Å². The fraction of sp³-hybridized carbons (Fsp3) is 0.688. The molecule has 1 aromatic heterocycles. The molecule has 0 atom stereocenters. The molecule has 2 rings (SSSR count). The number of sulfonamides is 1. The van der Waals surface area contributed by atoms with Crippen LogP contribution in [0.2, 0.25) is 0 Å². The van der Waals surface area contributed by atoms with Crippen molar-refractivity contribution in [3.63, 3.8) is 0 Å². The number of amides is 1. The van der Waals surface area contributed by atoms with Gasteiger partial charge in [0.05, 0.1) is 18.9 Å². The van der Waals surface area contributed by atoms with Crippen LogP contribution in [0, 0.1) is 0 Å². The molecule has 0 saturated carbocycles. The number of aromatic nitrogens is 1. The number of carbonyl (C=O) groups is 1. The number of hydrogen-bond acceptors (Lipinski definition) is 4. The summed E-state index contributed by atoms with van der Waals surface area (Å²) in [6.07, 6.45) is 2.87. The molecular weight excluding hydrogens is 330 g/mol. The molecule has 0 aromatic carbocycles. The first kappa shape index (κ1) is 19.0. The lowest BCUT2D eigenvalue weighted by molar-refractivity contribution is 0.0756. The molecule has 8 heteroatoms. The van der Waals surface area contributed by atoms with E-state index < -0.39 is 10.0 Å². The summed E-state index contributed by atoms with van der Waals surface area (Å²) >= 11 is 0. The van der Waals surface area contributed by atoms with Crippen LogP contribution < -0.4 is 5.32 Å². The Bertz CT molecular complexity index is 667. The lowest BCUT2D eigenvalue weighted by Crippen LogP contribution is -2.29. The molecule has 2 heterocycles. The molecule has 0 fully saturated rings. The summed E-state index contributed by atoms with van der Waals surface area (Å²) in [4.78, 5) is 12.4. The molecule has 1 aromatic rings. The third kappa shape index (κ3) is 5.06. The number of hydrogen-bond donors (Lipinski definition) is 1. The average Bonchev–Trinajstić information content (AvgIpc) is 2.75. The van der Waals surface area contributed by atoms with Crippen molar-refractivity contribution >= 4 is 15.9 Å². The molecule has 24 heavy (non-hydrogen) atoms. The summed E-state index contributed by atoms with van der Waals surface area (Å²) in [5.74, 6) is -0.126. The molecule has 0 radical (unpaired) electrons. The quantitative estimate of drug-likeness (QED) is 0.744. The molecule has 0 aliphatic carbocycles. The van der Waals surface area contributed by atoms with Crippen molar-refractivity contribution < 1.29 is 17.9 Å². The Morgan fingerprint density at radius 1 is 1.33 bits per heavy atom. The van der Waals surface area contributed by atoms with E-state index in [1.807, 2.05) is 24.5 Å². The monoisotopic (exact) mass is 357 g/mol. The zero-order chi connectivity index (χ0) is 17.7. The lowest BCUT2D eigenvalue weighted by atomic mass is 10.3. The minimum Gasteiger partial charge on any atom is -0.379 e. The van der Waals surface area contributed by atoms with Crippen molar-refractivity contribution in [2.45, 2.75) is 45.9 Å². The van der Waals surface area contributed by atoms with Crippen LogP contribution in [-0.4, -0.2) is 55.3 Å². The Kier molecular flexibility index (Phi) is 6.42. The van der Waals surface area contributed by atoms with E-state index in [2.05, 4.69) is 5.32 Å². The van der Waals surface area contributed by atoms with Crippen LogP contribution >= 0.6 is 0 Å². The fourth-order valence-electron chi connectivity index (χ4n) is 2.74. The zero-order valence-corrected chi connectivity index (χ0v) is 15.4. The molecule has 7 nitrogen and oxygen atoms in total. The topological polar surface area (TPSA) is 80.6 Å². The second-order valence-electron chi connectivity index (χ2n) is 6.34. The Morgan fingerprint density at radius 3 is 2.75 bits per heavy atom. The summed E-state index contributed by atoms with van der Waals surface area (Å²) in [6, 6.07) is 3.60. The molecule has 0 spiro atoms. The fourth-order valence-corrected chi connectivity index (χ4v) is 3.57. The van der Waals surface area contributed by atoms with Gasteiger partial charge in [0.2, 0.25) is 10.0 Å². The van der Waals surface area contributed by atoms with Gasteiger partial charge in [0.25, 0.3) is 5.91 Å². The normalized spacial score (nSPS) is 16.0. The van der Waals surface area contributed by atoms with Gasteiger partial charge in [0.15, 0.2) is 0 Å². The van der Waals surface area contributed by atoms with Gasteiger partial charge in [-0.2, -0.15) is 4.31 Å². The summed E-state index contributed by atoms with van der Waals surface area (Å²) in [6.45, 7) is 6.58. The molecule has 0 unspecified atom stereocenters. The van der Waals surface area contributed by atoms with Crippen molar-refractivity contribution in [1.29, 1.82) is 0 Å². The molecule has 1 aliphatic heterocycles. The third-order valence-corrected chi connectivity index (χ3v) is 5.21. The maximum Gasteiger partial charge on any atom is 0.267 e. The van der Waals surface area contributed by atoms with E-state index in [9.17, 15) is 13.2 Å². The molecule has 1 N–H and O–H groups in total. The number of fused-ring (bicyclic) bond motifs is 1. The highest BCUT2D eigenvalue weighted by molar-refractivity contribution is 7.88. The van der Waals surface area contributed by atoms with Crippen LogP contribution in [0.5, 0.6) is 0 Å². The van der Waals surface area contributed by atoms with Gasteiger partial charge < -0.3 is 14.6 Å². The van der Waals surface area contributed by atoms with Gasteiger partial charge in [0, 0.05) is 31.9 Å². The predicted molar refractivity (Wildman–Crippen MR) is 92.3 cm³/mol. The van der Waals surface area contributed by atoms with E-state index in [1.165, 1.54) is 10.6 Å². The highest BCUT2D eigenvalue weighted by atomic mass is 32.2. The summed E-state index contributed by atoms with van der Waals surface area (Å²) < 4.78 is 32.4. The first-order valence-electron chi connectivity index (χ1n) is 8.32. The molecule has 1 aliphatic rings. The number of ether oxygens (including phenoxy) is 1. The highest BCUT2D eigenvalue weighted by Crippen LogP contribution is 2.18. The van der Waals surface area contributed by atoms with E-state index in [1.54, 1.807) is 6.07 Å². The lowest BCUT2D eigenvalue weighted by Gasteiger charge is -2.16. The SMILES string of the molecule is CC(C)OCCCNC(=O)c1ccc2n1CCCN(S(C)(=O)=O)C2. The third-order valence-electron chi connectivity index (χ3n) is 3.96. The molecule has 0 saturated heterocycles. The van der Waals surface area contributed by atoms with Crippen molar-refractivity contribution in [3.05, 3.63) is 23.5 Å². The molecule has 0 bridgehead atoms. The number of carbonyl (C=O) groups excluding carboxylic acids is 1. The van der Waals surface area contributed by atoms with Crippen molar-refractivity contribution in [3.8, 4) is 0 Å². The molecule has 136 valence electrons. The average molecular weight is 357 g/mol. The zero-order valence-electron chi connectivity index (χ0n) is 14.6. The van der Waals surface area contributed by atoms with Crippen LogP contribution in [-0.2, 0) is 27.8 Å².